The minimum absolute atomic E-state index is 0.0585. The maximum Gasteiger partial charge on any atom is 0.241 e. The van der Waals surface area contributed by atoms with Crippen LogP contribution in [-0.4, -0.2) is 56.1 Å². The average Bonchev–Trinajstić information content (AvgIpc) is 3.15. The number of nitrogens with one attached hydrogen (secondary N) is 2. The van der Waals surface area contributed by atoms with E-state index in [1.54, 1.807) is 24.4 Å². The van der Waals surface area contributed by atoms with E-state index in [1.807, 2.05) is 18.2 Å². The summed E-state index contributed by atoms with van der Waals surface area (Å²) in [6, 6.07) is 11.7. The fourth-order valence-electron chi connectivity index (χ4n) is 2.62. The summed E-state index contributed by atoms with van der Waals surface area (Å²) in [7, 11) is -3.84. The van der Waals surface area contributed by atoms with Crippen molar-refractivity contribution < 1.29 is 23.0 Å². The Bertz CT molecular complexity index is 1020. The van der Waals surface area contributed by atoms with Gasteiger partial charge in [-0.25, -0.2) is 13.6 Å². The summed E-state index contributed by atoms with van der Waals surface area (Å²) in [5.41, 5.74) is 0.863. The van der Waals surface area contributed by atoms with E-state index in [9.17, 15) is 13.5 Å². The highest BCUT2D eigenvalue weighted by Crippen LogP contribution is 2.23. The number of H-pyrrole nitrogens is 1. The number of rotatable bonds is 10. The molecule has 0 spiro atoms. The molecule has 3 rings (SSSR count). The summed E-state index contributed by atoms with van der Waals surface area (Å²) in [6.45, 7) is 1.04. The van der Waals surface area contributed by atoms with Crippen molar-refractivity contribution in [3.63, 3.8) is 0 Å². The lowest BCUT2D eigenvalue weighted by Gasteiger charge is -2.14. The van der Waals surface area contributed by atoms with E-state index < -0.39 is 16.1 Å². The number of benzene rings is 2. The van der Waals surface area contributed by atoms with Crippen LogP contribution in [0.25, 0.3) is 10.9 Å². The second-order valence-corrected chi connectivity index (χ2v) is 7.63. The predicted molar refractivity (Wildman–Crippen MR) is 104 cm³/mol. The molecule has 0 saturated heterocycles. The molecule has 1 heterocycles. The van der Waals surface area contributed by atoms with Crippen LogP contribution in [0.15, 0.2) is 53.6 Å². The Morgan fingerprint density at radius 1 is 1.14 bits per heavy atom. The molecule has 9 nitrogen and oxygen atoms in total. The first-order valence-corrected chi connectivity index (χ1v) is 10.2. The Kier molecular flexibility index (Phi) is 6.47. The number of primary sulfonamides is 1. The van der Waals surface area contributed by atoms with Gasteiger partial charge in [-0.05, 0) is 24.3 Å². The number of aromatic amines is 1. The lowest BCUT2D eigenvalue weighted by molar-refractivity contribution is 0.106. The number of sulfonamides is 1. The van der Waals surface area contributed by atoms with Crippen LogP contribution in [-0.2, 0) is 10.0 Å². The summed E-state index contributed by atoms with van der Waals surface area (Å²) in [5, 5.41) is 25.9. The van der Waals surface area contributed by atoms with Gasteiger partial charge in [-0.1, -0.05) is 18.2 Å². The first kappa shape index (κ1) is 20.1. The molecule has 0 bridgehead atoms. The normalized spacial score (nSPS) is 12.8. The van der Waals surface area contributed by atoms with E-state index in [0.717, 1.165) is 10.9 Å². The maximum atomic E-state index is 11.5. The summed E-state index contributed by atoms with van der Waals surface area (Å²) in [4.78, 5) is -0.0585. The molecule has 0 fully saturated rings. The predicted octanol–water partition coefficient (Wildman–Crippen LogP) is 0.619. The first-order valence-electron chi connectivity index (χ1n) is 8.63. The molecule has 1 atom stereocenters. The minimum atomic E-state index is -3.84. The highest BCUT2D eigenvalue weighted by molar-refractivity contribution is 7.89. The number of nitrogens with two attached hydrogens (primary N) is 1. The number of ether oxygens (including phenoxy) is 2. The number of fused-ring (bicyclic) bond motifs is 1. The van der Waals surface area contributed by atoms with Gasteiger partial charge in [0.05, 0.1) is 17.1 Å². The highest BCUT2D eigenvalue weighted by atomic mass is 32.2. The van der Waals surface area contributed by atoms with E-state index in [-0.39, 0.29) is 23.9 Å². The van der Waals surface area contributed by atoms with Gasteiger partial charge in [-0.15, -0.1) is 0 Å². The Morgan fingerprint density at radius 3 is 2.75 bits per heavy atom. The zero-order chi connectivity index (χ0) is 20.0. The molecular formula is C18H22N4O5S. The van der Waals surface area contributed by atoms with Crippen LogP contribution in [0, 0.1) is 0 Å². The first-order chi connectivity index (χ1) is 13.4. The third-order valence-electron chi connectivity index (χ3n) is 3.95. The smallest absolute Gasteiger partial charge is 0.241 e. The molecule has 5 N–H and O–H groups in total. The van der Waals surface area contributed by atoms with E-state index in [0.29, 0.717) is 18.8 Å². The Balaban J connectivity index is 1.39. The van der Waals surface area contributed by atoms with Crippen molar-refractivity contribution in [1.29, 1.82) is 0 Å². The molecule has 1 aromatic heterocycles. The van der Waals surface area contributed by atoms with Crippen molar-refractivity contribution in [3.8, 4) is 11.5 Å². The molecule has 150 valence electrons. The van der Waals surface area contributed by atoms with Gasteiger partial charge in [0.15, 0.2) is 0 Å². The largest absolute Gasteiger partial charge is 0.491 e. The number of hydrogen-bond acceptors (Lipinski definition) is 7. The Morgan fingerprint density at radius 2 is 1.93 bits per heavy atom. The number of aliphatic hydroxyl groups is 1. The molecule has 2 aromatic carbocycles. The fourth-order valence-corrected chi connectivity index (χ4v) is 3.29. The van der Waals surface area contributed by atoms with Gasteiger partial charge in [0.25, 0.3) is 0 Å². The molecule has 28 heavy (non-hydrogen) atoms. The number of nitrogens with zero attached hydrogens (tertiary/aromatic N) is 1. The topological polar surface area (TPSA) is 140 Å². The molecule has 0 aliphatic carbocycles. The number of para-hydroxylation sites is 1. The van der Waals surface area contributed by atoms with Crippen molar-refractivity contribution >= 4 is 20.9 Å². The third kappa shape index (κ3) is 5.20. The molecule has 0 aliphatic rings. The van der Waals surface area contributed by atoms with Crippen molar-refractivity contribution in [2.24, 2.45) is 5.14 Å². The average molecular weight is 406 g/mol. The Hall–Kier alpha value is -2.66. The molecule has 3 aromatic rings. The second-order valence-electron chi connectivity index (χ2n) is 6.10. The molecule has 10 heteroatoms. The fraction of sp³-hybridized carbons (Fsp3) is 0.278. The monoisotopic (exact) mass is 406 g/mol. The lowest BCUT2D eigenvalue weighted by atomic mass is 10.2. The Labute approximate surface area is 162 Å². The molecule has 0 aliphatic heterocycles. The molecular weight excluding hydrogens is 384 g/mol. The van der Waals surface area contributed by atoms with E-state index in [1.165, 1.54) is 6.07 Å². The summed E-state index contributed by atoms with van der Waals surface area (Å²) >= 11 is 0. The standard InChI is InChI=1S/C18H22N4O5S/c19-28(24,25)18-7-2-1-5-17(18)26-9-8-20-10-13(23)12-27-16-6-3-4-15-14(16)11-21-22-15/h1-7,11,13,20,23H,8-10,12H2,(H,21,22)(H2,19,24,25). The zero-order valence-electron chi connectivity index (χ0n) is 15.0. The van der Waals surface area contributed by atoms with Crippen molar-refractivity contribution in [3.05, 3.63) is 48.7 Å². The summed E-state index contributed by atoms with van der Waals surface area (Å²) in [5.74, 6) is 0.845. The maximum absolute atomic E-state index is 11.5. The highest BCUT2D eigenvalue weighted by Gasteiger charge is 2.14. The van der Waals surface area contributed by atoms with E-state index in [4.69, 9.17) is 14.6 Å². The minimum Gasteiger partial charge on any atom is -0.491 e. The SMILES string of the molecule is NS(=O)(=O)c1ccccc1OCCNCC(O)COc1cccc2[nH]ncc12. The number of aromatic nitrogens is 2. The van der Waals surface area contributed by atoms with Gasteiger partial charge >= 0.3 is 0 Å². The van der Waals surface area contributed by atoms with Crippen LogP contribution in [0.4, 0.5) is 0 Å². The van der Waals surface area contributed by atoms with Crippen LogP contribution in [0.3, 0.4) is 0 Å². The van der Waals surface area contributed by atoms with Crippen LogP contribution in [0.2, 0.25) is 0 Å². The van der Waals surface area contributed by atoms with Gasteiger partial charge in [-0.2, -0.15) is 5.10 Å². The van der Waals surface area contributed by atoms with Crippen molar-refractivity contribution in [2.45, 2.75) is 11.0 Å². The number of aliphatic hydroxyl groups excluding tert-OH is 1. The molecule has 1 unspecified atom stereocenters. The molecule has 0 radical (unpaired) electrons. The van der Waals surface area contributed by atoms with Gasteiger partial charge in [0.1, 0.15) is 35.7 Å². The van der Waals surface area contributed by atoms with E-state index >= 15 is 0 Å². The third-order valence-corrected chi connectivity index (χ3v) is 4.90. The van der Waals surface area contributed by atoms with Crippen LogP contribution >= 0.6 is 0 Å². The zero-order valence-corrected chi connectivity index (χ0v) is 15.9. The van der Waals surface area contributed by atoms with Crippen molar-refractivity contribution in [2.75, 3.05) is 26.3 Å². The van der Waals surface area contributed by atoms with Gasteiger partial charge < -0.3 is 19.9 Å². The lowest BCUT2D eigenvalue weighted by Crippen LogP contribution is -2.33. The van der Waals surface area contributed by atoms with Gasteiger partial charge in [-0.3, -0.25) is 5.10 Å². The van der Waals surface area contributed by atoms with Gasteiger partial charge in [0, 0.05) is 13.1 Å². The second kappa shape index (κ2) is 9.02. The van der Waals surface area contributed by atoms with Crippen LogP contribution in [0.5, 0.6) is 11.5 Å². The number of hydrogen-bond donors (Lipinski definition) is 4. The van der Waals surface area contributed by atoms with Gasteiger partial charge in [0.2, 0.25) is 10.0 Å². The van der Waals surface area contributed by atoms with E-state index in [2.05, 4.69) is 15.5 Å². The van der Waals surface area contributed by atoms with Crippen molar-refractivity contribution in [1.82, 2.24) is 15.5 Å². The van der Waals surface area contributed by atoms with Crippen LogP contribution < -0.4 is 19.9 Å². The molecule has 0 amide bonds. The van der Waals surface area contributed by atoms with Crippen LogP contribution in [0.1, 0.15) is 0 Å². The molecule has 0 saturated carbocycles. The summed E-state index contributed by atoms with van der Waals surface area (Å²) < 4.78 is 34.2. The summed E-state index contributed by atoms with van der Waals surface area (Å²) in [6.07, 6.45) is 0.949. The quantitative estimate of drug-likeness (QED) is 0.362.